The number of carbonyl (C=O) groups excluding carboxylic acids is 1. The molecule has 176 valence electrons. The molecular weight excluding hydrogens is 426 g/mol. The van der Waals surface area contributed by atoms with Crippen molar-refractivity contribution in [3.8, 4) is 28.3 Å². The second-order valence-corrected chi connectivity index (χ2v) is 8.97. The van der Waals surface area contributed by atoms with Gasteiger partial charge in [0.2, 0.25) is 0 Å². The maximum absolute atomic E-state index is 12.1. The Hall–Kier alpha value is -3.87. The molecule has 34 heavy (non-hydrogen) atoms. The zero-order valence-corrected chi connectivity index (χ0v) is 20.1. The zero-order chi connectivity index (χ0) is 24.1. The Labute approximate surface area is 200 Å². The van der Waals surface area contributed by atoms with Gasteiger partial charge in [-0.3, -0.25) is 4.98 Å². The number of ether oxygens (including phenoxy) is 1. The van der Waals surface area contributed by atoms with E-state index in [4.69, 9.17) is 9.72 Å². The number of amides is 2. The van der Waals surface area contributed by atoms with E-state index >= 15 is 0 Å². The van der Waals surface area contributed by atoms with Gasteiger partial charge in [-0.1, -0.05) is 39.0 Å². The van der Waals surface area contributed by atoms with Gasteiger partial charge in [0.05, 0.1) is 18.5 Å². The van der Waals surface area contributed by atoms with Crippen molar-refractivity contribution in [2.75, 3.05) is 20.2 Å². The van der Waals surface area contributed by atoms with E-state index in [1.165, 1.54) is 0 Å². The third kappa shape index (κ3) is 5.03. The van der Waals surface area contributed by atoms with E-state index in [0.717, 1.165) is 51.3 Å². The molecule has 4 aromatic rings. The van der Waals surface area contributed by atoms with Crippen LogP contribution < -0.4 is 15.4 Å². The van der Waals surface area contributed by atoms with Crippen LogP contribution in [-0.4, -0.2) is 41.2 Å². The van der Waals surface area contributed by atoms with Gasteiger partial charge in [-0.05, 0) is 47.5 Å². The van der Waals surface area contributed by atoms with E-state index in [2.05, 4.69) is 58.7 Å². The van der Waals surface area contributed by atoms with Gasteiger partial charge in [-0.15, -0.1) is 0 Å². The second kappa shape index (κ2) is 9.95. The number of pyridine rings is 1. The molecule has 0 bridgehead atoms. The molecule has 2 amide bonds. The number of benzene rings is 2. The summed E-state index contributed by atoms with van der Waals surface area (Å²) >= 11 is 0. The predicted molar refractivity (Wildman–Crippen MR) is 136 cm³/mol. The highest BCUT2D eigenvalue weighted by Gasteiger charge is 2.27. The highest BCUT2D eigenvalue weighted by atomic mass is 16.5. The van der Waals surface area contributed by atoms with Crippen molar-refractivity contribution in [2.45, 2.75) is 32.6 Å². The van der Waals surface area contributed by atoms with Crippen LogP contribution in [0.5, 0.6) is 5.75 Å². The molecule has 0 aliphatic heterocycles. The van der Waals surface area contributed by atoms with Crippen molar-refractivity contribution in [1.29, 1.82) is 0 Å². The number of hydrogen-bond donors (Lipinski definition) is 3. The summed E-state index contributed by atoms with van der Waals surface area (Å²) in [6.45, 7) is 7.26. The lowest BCUT2D eigenvalue weighted by Gasteiger charge is -2.22. The van der Waals surface area contributed by atoms with E-state index in [1.54, 1.807) is 19.5 Å². The Morgan fingerprint density at radius 3 is 2.47 bits per heavy atom. The summed E-state index contributed by atoms with van der Waals surface area (Å²) in [6, 6.07) is 16.1. The van der Waals surface area contributed by atoms with Crippen molar-refractivity contribution < 1.29 is 9.53 Å². The standard InChI is InChI=1S/C27H31N5O2/c1-5-12-29-26(33)30-17-27(2,3)25-31-23(18-10-13-28-14-11-18)24(32-25)21-7-6-20-16-22(34-4)9-8-19(20)15-21/h6-11,13-16H,5,12,17H2,1-4H3,(H,31,32)(H2,29,30,33). The number of hydrogen-bond acceptors (Lipinski definition) is 4. The topological polar surface area (TPSA) is 91.9 Å². The van der Waals surface area contributed by atoms with Crippen LogP contribution in [0.4, 0.5) is 4.79 Å². The smallest absolute Gasteiger partial charge is 0.314 e. The first-order chi connectivity index (χ1) is 16.4. The molecule has 3 N–H and O–H groups in total. The second-order valence-electron chi connectivity index (χ2n) is 8.97. The summed E-state index contributed by atoms with van der Waals surface area (Å²) in [7, 11) is 1.67. The molecule has 0 aliphatic carbocycles. The van der Waals surface area contributed by atoms with Crippen molar-refractivity contribution in [3.05, 3.63) is 66.7 Å². The molecular formula is C27H31N5O2. The van der Waals surface area contributed by atoms with E-state index in [1.807, 2.05) is 31.2 Å². The van der Waals surface area contributed by atoms with Crippen LogP contribution in [0.1, 0.15) is 33.0 Å². The van der Waals surface area contributed by atoms with Gasteiger partial charge in [-0.2, -0.15) is 0 Å². The van der Waals surface area contributed by atoms with E-state index < -0.39 is 5.41 Å². The monoisotopic (exact) mass is 457 g/mol. The summed E-state index contributed by atoms with van der Waals surface area (Å²) in [5.74, 6) is 1.64. The summed E-state index contributed by atoms with van der Waals surface area (Å²) in [4.78, 5) is 24.8. The normalized spacial score (nSPS) is 11.4. The lowest BCUT2D eigenvalue weighted by Crippen LogP contribution is -2.42. The largest absolute Gasteiger partial charge is 0.497 e. The van der Waals surface area contributed by atoms with Crippen LogP contribution in [0.25, 0.3) is 33.3 Å². The van der Waals surface area contributed by atoms with Crippen LogP contribution in [0, 0.1) is 0 Å². The predicted octanol–water partition coefficient (Wildman–Crippen LogP) is 5.29. The fraction of sp³-hybridized carbons (Fsp3) is 0.296. The van der Waals surface area contributed by atoms with E-state index in [0.29, 0.717) is 13.1 Å². The molecule has 0 fully saturated rings. The summed E-state index contributed by atoms with van der Waals surface area (Å²) in [5, 5.41) is 8.03. The average Bonchev–Trinajstić information content (AvgIpc) is 3.33. The van der Waals surface area contributed by atoms with Gasteiger partial charge in [0.25, 0.3) is 0 Å². The Morgan fingerprint density at radius 2 is 1.74 bits per heavy atom. The highest BCUT2D eigenvalue weighted by Crippen LogP contribution is 2.35. The zero-order valence-electron chi connectivity index (χ0n) is 20.1. The Morgan fingerprint density at radius 1 is 1.00 bits per heavy atom. The quantitative estimate of drug-likeness (QED) is 0.335. The summed E-state index contributed by atoms with van der Waals surface area (Å²) in [6.07, 6.45) is 4.44. The molecule has 0 atom stereocenters. The molecule has 2 aromatic heterocycles. The maximum Gasteiger partial charge on any atom is 0.314 e. The van der Waals surface area contributed by atoms with Crippen molar-refractivity contribution in [1.82, 2.24) is 25.6 Å². The molecule has 7 heteroatoms. The maximum atomic E-state index is 12.1. The Balaban J connectivity index is 1.72. The molecule has 0 unspecified atom stereocenters. The molecule has 4 rings (SSSR count). The molecule has 0 saturated heterocycles. The molecule has 0 saturated carbocycles. The number of aromatic nitrogens is 3. The number of nitrogens with zero attached hydrogens (tertiary/aromatic N) is 2. The average molecular weight is 458 g/mol. The number of aromatic amines is 1. The Kier molecular flexibility index (Phi) is 6.82. The number of rotatable bonds is 8. The van der Waals surface area contributed by atoms with Crippen LogP contribution in [0.3, 0.4) is 0 Å². The van der Waals surface area contributed by atoms with Gasteiger partial charge < -0.3 is 20.4 Å². The minimum Gasteiger partial charge on any atom is -0.497 e. The fourth-order valence-corrected chi connectivity index (χ4v) is 3.81. The number of methoxy groups -OCH3 is 1. The summed E-state index contributed by atoms with van der Waals surface area (Å²) in [5.41, 5.74) is 3.39. The third-order valence-corrected chi connectivity index (χ3v) is 5.86. The van der Waals surface area contributed by atoms with Gasteiger partial charge >= 0.3 is 6.03 Å². The first-order valence-electron chi connectivity index (χ1n) is 11.5. The Bertz CT molecular complexity index is 1280. The van der Waals surface area contributed by atoms with Gasteiger partial charge in [0, 0.05) is 42.0 Å². The van der Waals surface area contributed by atoms with E-state index in [-0.39, 0.29) is 6.03 Å². The molecule has 0 spiro atoms. The van der Waals surface area contributed by atoms with Gasteiger partial charge in [0.1, 0.15) is 11.6 Å². The molecule has 7 nitrogen and oxygen atoms in total. The van der Waals surface area contributed by atoms with Crippen molar-refractivity contribution in [3.63, 3.8) is 0 Å². The number of carbonyl (C=O) groups is 1. The first-order valence-corrected chi connectivity index (χ1v) is 11.5. The van der Waals surface area contributed by atoms with E-state index in [9.17, 15) is 4.79 Å². The molecule has 2 aromatic carbocycles. The van der Waals surface area contributed by atoms with Crippen molar-refractivity contribution >= 4 is 16.8 Å². The molecule has 0 radical (unpaired) electrons. The van der Waals surface area contributed by atoms with Crippen LogP contribution >= 0.6 is 0 Å². The van der Waals surface area contributed by atoms with Crippen LogP contribution in [-0.2, 0) is 5.41 Å². The SMILES string of the molecule is CCCNC(=O)NCC(C)(C)c1nc(-c2ccc3cc(OC)ccc3c2)c(-c2ccncc2)[nH]1. The first kappa shape index (κ1) is 23.3. The van der Waals surface area contributed by atoms with Gasteiger partial charge in [-0.25, -0.2) is 9.78 Å². The van der Waals surface area contributed by atoms with Crippen LogP contribution in [0.2, 0.25) is 0 Å². The minimum atomic E-state index is -0.409. The third-order valence-electron chi connectivity index (χ3n) is 5.86. The lowest BCUT2D eigenvalue weighted by molar-refractivity contribution is 0.238. The highest BCUT2D eigenvalue weighted by molar-refractivity contribution is 5.90. The number of imidazole rings is 1. The number of H-pyrrole nitrogens is 1. The number of nitrogens with one attached hydrogen (secondary N) is 3. The number of urea groups is 1. The van der Waals surface area contributed by atoms with Crippen LogP contribution in [0.15, 0.2) is 60.9 Å². The number of fused-ring (bicyclic) bond motifs is 1. The molecule has 0 aliphatic rings. The summed E-state index contributed by atoms with van der Waals surface area (Å²) < 4.78 is 5.36. The lowest BCUT2D eigenvalue weighted by atomic mass is 9.92. The fourth-order valence-electron chi connectivity index (χ4n) is 3.81. The minimum absolute atomic E-state index is 0.166. The molecule has 2 heterocycles. The van der Waals surface area contributed by atoms with Crippen molar-refractivity contribution in [2.24, 2.45) is 0 Å². The van der Waals surface area contributed by atoms with Gasteiger partial charge in [0.15, 0.2) is 0 Å².